The summed E-state index contributed by atoms with van der Waals surface area (Å²) >= 11 is 0. The third-order valence-electron chi connectivity index (χ3n) is 19.5. The van der Waals surface area contributed by atoms with Gasteiger partial charge in [-0.3, -0.25) is 0 Å². The number of carbonyl (C=O) groups excluding carboxylic acids is 2. The van der Waals surface area contributed by atoms with E-state index in [2.05, 4.69) is 0 Å². The first-order valence-electron chi connectivity index (χ1n) is 12.3. The average Bonchev–Trinajstić information content (AvgIpc) is 3.67. The van der Waals surface area contributed by atoms with Gasteiger partial charge in [-0.15, -0.1) is 0 Å². The number of Topliss-reactive ketones (excluding diaryl/α,β-unsaturated/α-hetero) is 2. The van der Waals surface area contributed by atoms with Crippen molar-refractivity contribution in [2.75, 3.05) is 0 Å². The Labute approximate surface area is 150 Å². The minimum atomic E-state index is -3.89. The molecule has 146 valence electrons. The Morgan fingerprint density at radius 1 is 0.556 bits per heavy atom. The van der Waals surface area contributed by atoms with Gasteiger partial charge in [0.05, 0.1) is 0 Å². The molecule has 10 aliphatic heterocycles. The first-order valence-corrected chi connectivity index (χ1v) is 18.5. The molecule has 0 aromatic heterocycles. The van der Waals surface area contributed by atoms with E-state index in [9.17, 15) is 9.59 Å². The molecule has 10 saturated heterocycles. The Balaban J connectivity index is 1.18. The number of rotatable bonds is 4. The Bertz CT molecular complexity index is 1230. The summed E-state index contributed by atoms with van der Waals surface area (Å²) in [5, 5.41) is 0. The van der Waals surface area contributed by atoms with E-state index in [0.717, 1.165) is 50.1 Å². The maximum atomic E-state index is 14.4. The number of carbonyl (C=O) groups is 2. The van der Waals surface area contributed by atoms with Crippen LogP contribution < -0.4 is 0 Å². The van der Waals surface area contributed by atoms with Crippen LogP contribution in [-0.4, -0.2) is 11.6 Å². The van der Waals surface area contributed by atoms with Gasteiger partial charge in [0.15, 0.2) is 0 Å². The van der Waals surface area contributed by atoms with E-state index in [4.69, 9.17) is 0 Å². The summed E-state index contributed by atoms with van der Waals surface area (Å²) in [6.45, 7) is -3.89. The fraction of sp³-hybridized carbons (Fsp3) is 0.917. The minimum absolute atomic E-state index is 0.141. The van der Waals surface area contributed by atoms with Crippen molar-refractivity contribution in [1.82, 2.24) is 0 Å². The molecule has 0 aromatic rings. The van der Waals surface area contributed by atoms with Crippen LogP contribution in [0.25, 0.3) is 0 Å². The molecule has 2 aliphatic carbocycles. The van der Waals surface area contributed by atoms with Gasteiger partial charge in [0.1, 0.15) is 0 Å². The fourth-order valence-electron chi connectivity index (χ4n) is 21.3. The van der Waals surface area contributed by atoms with Crippen LogP contribution in [0, 0.1) is 11.8 Å². The van der Waals surface area contributed by atoms with Crippen LogP contribution in [0.1, 0.15) is 64.2 Å². The predicted octanol–water partition coefficient (Wildman–Crippen LogP) is 6.41. The van der Waals surface area contributed by atoms with Crippen LogP contribution in [0.3, 0.4) is 0 Å². The fourth-order valence-corrected chi connectivity index (χ4v) is 97.0. The van der Waals surface area contributed by atoms with Crippen LogP contribution in [0.2, 0.25) is 47.2 Å². The Morgan fingerprint density at radius 3 is 1.22 bits per heavy atom. The van der Waals surface area contributed by atoms with Crippen molar-refractivity contribution < 1.29 is 16.1 Å². The van der Waals surface area contributed by atoms with E-state index < -0.39 is 6.51 Å². The molecule has 12 aliphatic rings. The van der Waals surface area contributed by atoms with E-state index in [-0.39, 0.29) is 8.63 Å². The molecule has 2 saturated carbocycles. The van der Waals surface area contributed by atoms with Gasteiger partial charge in [0, 0.05) is 0 Å². The van der Waals surface area contributed by atoms with Gasteiger partial charge in [-0.2, -0.15) is 0 Å². The van der Waals surface area contributed by atoms with Gasteiger partial charge in [0.25, 0.3) is 0 Å². The van der Waals surface area contributed by atoms with Gasteiger partial charge in [-0.05, 0) is 0 Å². The molecular weight excluding hydrogens is 376 g/mol. The molecule has 12 fully saturated rings. The van der Waals surface area contributed by atoms with Crippen molar-refractivity contribution in [3.8, 4) is 0 Å². The zero-order valence-corrected chi connectivity index (χ0v) is 17.1. The molecule has 4 unspecified atom stereocenters. The number of ketones is 2. The van der Waals surface area contributed by atoms with Gasteiger partial charge < -0.3 is 0 Å². The molecule has 10 heterocycles. The Hall–Kier alpha value is -0.141. The van der Waals surface area contributed by atoms with Gasteiger partial charge in [0.2, 0.25) is 0 Å². The molecule has 12 rings (SSSR count). The van der Waals surface area contributed by atoms with Gasteiger partial charge >= 0.3 is 151 Å². The van der Waals surface area contributed by atoms with Crippen molar-refractivity contribution in [1.29, 1.82) is 0 Å². The third kappa shape index (κ3) is 0.213. The van der Waals surface area contributed by atoms with Crippen LogP contribution >= 0.6 is 0 Å². The molecule has 1 spiro atoms. The predicted molar refractivity (Wildman–Crippen MR) is 98.6 cm³/mol. The molecule has 2 nitrogen and oxygen atoms in total. The number of fused-ring (bicyclic) bond motifs is 10. The average molecular weight is 406 g/mol. The SMILES string of the molecule is O=C(C1CCCCC1)[C]12[CH]3[CH]4[CH]5[C]1(C(=O)C1CCCCC1)[Fe]43521678[CH]2[CH]1[CH]6[CH]7[CH]28. The third-order valence-corrected chi connectivity index (χ3v) is 62.3. The van der Waals surface area contributed by atoms with Crippen LogP contribution in [0.5, 0.6) is 0 Å². The van der Waals surface area contributed by atoms with Crippen LogP contribution in [0.15, 0.2) is 0 Å². The van der Waals surface area contributed by atoms with E-state index in [0.29, 0.717) is 11.8 Å². The molecule has 0 amide bonds. The van der Waals surface area contributed by atoms with Crippen molar-refractivity contribution in [3.63, 3.8) is 0 Å². The first kappa shape index (κ1) is 12.5. The molecule has 4 atom stereocenters. The van der Waals surface area contributed by atoms with E-state index in [1.54, 1.807) is 0 Å². The quantitative estimate of drug-likeness (QED) is 0.505. The van der Waals surface area contributed by atoms with Gasteiger partial charge in [-0.1, -0.05) is 0 Å². The van der Waals surface area contributed by atoms with Crippen LogP contribution in [0.4, 0.5) is 0 Å². The Kier molecular flexibility index (Phi) is 0.701. The zero-order valence-electron chi connectivity index (χ0n) is 16.0. The number of hydrogen-bond donors (Lipinski definition) is 0. The molecule has 0 N–H and O–H groups in total. The van der Waals surface area contributed by atoms with Crippen molar-refractivity contribution in [2.24, 2.45) is 11.8 Å². The second kappa shape index (κ2) is 1.51. The molecular formula is C24H30FeO2. The van der Waals surface area contributed by atoms with Crippen LogP contribution in [-0.2, 0) is 16.1 Å². The molecule has 0 radical (unpaired) electrons. The molecule has 0 bridgehead atoms. The topological polar surface area (TPSA) is 34.1 Å². The van der Waals surface area contributed by atoms with Crippen molar-refractivity contribution in [3.05, 3.63) is 0 Å². The summed E-state index contributed by atoms with van der Waals surface area (Å²) in [5.41, 5.74) is 0. The van der Waals surface area contributed by atoms with Crippen molar-refractivity contribution in [2.45, 2.75) is 111 Å². The first-order chi connectivity index (χ1) is 13.0. The maximum absolute atomic E-state index is 14.4. The van der Waals surface area contributed by atoms with E-state index >= 15 is 0 Å². The molecule has 0 aromatic carbocycles. The standard InChI is InChI=1S/C19H25O2.C5H5.Fe/c20-18(14-8-3-1-4-9-14)16-12-7-13-17(16)19(21)15-10-5-2-6-11-15;1-2-4-5-3-1;/h7,12-15H,1-6,8-11H2;1-5H;. The summed E-state index contributed by atoms with van der Waals surface area (Å²) in [4.78, 5) is 37.2. The van der Waals surface area contributed by atoms with Gasteiger partial charge in [-0.25, -0.2) is 0 Å². The number of hydrogen-bond acceptors (Lipinski definition) is 2. The summed E-state index contributed by atoms with van der Waals surface area (Å²) in [7, 11) is 0. The summed E-state index contributed by atoms with van der Waals surface area (Å²) in [6, 6.07) is 0. The van der Waals surface area contributed by atoms with Crippen molar-refractivity contribution >= 4 is 11.6 Å². The molecule has 27 heavy (non-hydrogen) atoms. The van der Waals surface area contributed by atoms with E-state index in [1.807, 2.05) is 0 Å². The summed E-state index contributed by atoms with van der Waals surface area (Å²) in [5.74, 6) is 2.34. The summed E-state index contributed by atoms with van der Waals surface area (Å²) < 4.78 is 0.283. The second-order valence-electron chi connectivity index (χ2n) is 15.1. The second-order valence-corrected chi connectivity index (χ2v) is 38.4. The monoisotopic (exact) mass is 406 g/mol. The normalized spacial score (nSPS) is 90.2. The van der Waals surface area contributed by atoms with E-state index in [1.165, 1.54) is 64.2 Å². The zero-order chi connectivity index (χ0) is 17.3. The Morgan fingerprint density at radius 2 is 0.926 bits per heavy atom. The summed E-state index contributed by atoms with van der Waals surface area (Å²) in [6.07, 6.45) is 12.5. The molecule has 3 heteroatoms.